The Kier molecular flexibility index (Phi) is 6.38. The highest BCUT2D eigenvalue weighted by molar-refractivity contribution is 5.54. The first-order valence-electron chi connectivity index (χ1n) is 8.58. The van der Waals surface area contributed by atoms with E-state index in [0.717, 1.165) is 24.2 Å². The van der Waals surface area contributed by atoms with Gasteiger partial charge in [0.2, 0.25) is 12.1 Å². The minimum Gasteiger partial charge on any atom is -0.493 e. The number of anilines is 1. The number of hydrogen-bond acceptors (Lipinski definition) is 5. The predicted octanol–water partition coefficient (Wildman–Crippen LogP) is 4.32. The molecule has 7 nitrogen and oxygen atoms in total. The van der Waals surface area contributed by atoms with Crippen LogP contribution in [0.3, 0.4) is 0 Å². The quantitative estimate of drug-likeness (QED) is 0.540. The third kappa shape index (κ3) is 4.71. The minimum atomic E-state index is -0.464. The number of ether oxygens (including phenoxy) is 1. The van der Waals surface area contributed by atoms with Crippen molar-refractivity contribution in [3.05, 3.63) is 46.3 Å². The molecular weight excluding hydrogens is 320 g/mol. The monoisotopic (exact) mass is 346 g/mol. The number of benzene rings is 1. The van der Waals surface area contributed by atoms with Crippen LogP contribution in [0.4, 0.5) is 11.6 Å². The third-order valence-corrected chi connectivity index (χ3v) is 3.86. The minimum absolute atomic E-state index is 0.109. The number of aryl methyl sites for hydroxylation is 1. The summed E-state index contributed by atoms with van der Waals surface area (Å²) in [5, 5.41) is 14.6. The van der Waals surface area contributed by atoms with Gasteiger partial charge in [-0.3, -0.25) is 4.57 Å². The van der Waals surface area contributed by atoms with E-state index in [1.807, 2.05) is 24.3 Å². The molecule has 1 aromatic carbocycles. The van der Waals surface area contributed by atoms with Gasteiger partial charge in [-0.2, -0.15) is 0 Å². The Balaban J connectivity index is 2.38. The third-order valence-electron chi connectivity index (χ3n) is 3.86. The van der Waals surface area contributed by atoms with Gasteiger partial charge >= 0.3 is 5.82 Å². The van der Waals surface area contributed by atoms with Gasteiger partial charge in [-0.1, -0.05) is 39.0 Å². The molecule has 0 saturated heterocycles. The first-order valence-corrected chi connectivity index (χ1v) is 8.58. The van der Waals surface area contributed by atoms with Gasteiger partial charge in [-0.25, -0.2) is 0 Å². The van der Waals surface area contributed by atoms with Gasteiger partial charge in [0.1, 0.15) is 5.75 Å². The summed E-state index contributed by atoms with van der Waals surface area (Å²) in [5.41, 5.74) is 1.00. The van der Waals surface area contributed by atoms with E-state index in [1.165, 1.54) is 6.33 Å². The molecule has 1 N–H and O–H groups in total. The first kappa shape index (κ1) is 18.8. The summed E-state index contributed by atoms with van der Waals surface area (Å²) in [4.78, 5) is 14.7. The lowest BCUT2D eigenvalue weighted by atomic mass is 9.96. The van der Waals surface area contributed by atoms with Crippen LogP contribution in [0.1, 0.15) is 45.2 Å². The van der Waals surface area contributed by atoms with Crippen LogP contribution < -0.4 is 10.1 Å². The number of nitrogens with one attached hydrogen (secondary N) is 1. The average molecular weight is 346 g/mol. The molecular formula is C18H26N4O3. The van der Waals surface area contributed by atoms with Gasteiger partial charge in [0.25, 0.3) is 0 Å². The Morgan fingerprint density at radius 2 is 2.08 bits per heavy atom. The van der Waals surface area contributed by atoms with Crippen molar-refractivity contribution in [1.29, 1.82) is 0 Å². The topological polar surface area (TPSA) is 82.2 Å². The number of rotatable bonds is 9. The van der Waals surface area contributed by atoms with E-state index in [1.54, 1.807) is 11.6 Å². The van der Waals surface area contributed by atoms with Crippen LogP contribution in [0.5, 0.6) is 5.75 Å². The number of aromatic nitrogens is 2. The highest BCUT2D eigenvalue weighted by Crippen LogP contribution is 2.34. The van der Waals surface area contributed by atoms with Crippen LogP contribution in [0.15, 0.2) is 30.6 Å². The van der Waals surface area contributed by atoms with Crippen molar-refractivity contribution >= 4 is 11.6 Å². The molecule has 0 aliphatic carbocycles. The normalized spacial score (nSPS) is 12.2. The summed E-state index contributed by atoms with van der Waals surface area (Å²) in [5.74, 6) is 1.46. The number of nitrogens with zero attached hydrogens (tertiary/aromatic N) is 3. The molecule has 1 aromatic heterocycles. The predicted molar refractivity (Wildman–Crippen MR) is 97.9 cm³/mol. The molecule has 0 aliphatic heterocycles. The van der Waals surface area contributed by atoms with Crippen LogP contribution >= 0.6 is 0 Å². The Morgan fingerprint density at radius 3 is 2.72 bits per heavy atom. The van der Waals surface area contributed by atoms with Crippen molar-refractivity contribution in [2.75, 3.05) is 11.9 Å². The summed E-state index contributed by atoms with van der Waals surface area (Å²) in [7, 11) is 1.74. The standard InChI is InChI=1S/C18H26N4O3/c1-5-10-25-16-9-7-6-8-14(16)15(11-13(2)3)20-18-17(22(23)24)19-12-21(18)4/h6-9,12-13,15,20H,5,10-11H2,1-4H3/t15-/m0/s1. The summed E-state index contributed by atoms with van der Waals surface area (Å²) in [6.45, 7) is 6.95. The molecule has 0 spiro atoms. The molecule has 0 amide bonds. The van der Waals surface area contributed by atoms with Gasteiger partial charge in [0.05, 0.1) is 12.6 Å². The Bertz CT molecular complexity index is 712. The van der Waals surface area contributed by atoms with Gasteiger partial charge in [0.15, 0.2) is 0 Å². The molecule has 0 unspecified atom stereocenters. The second kappa shape index (κ2) is 8.50. The van der Waals surface area contributed by atoms with Crippen LogP contribution in [-0.4, -0.2) is 21.1 Å². The van der Waals surface area contributed by atoms with Crippen molar-refractivity contribution in [2.45, 2.75) is 39.7 Å². The average Bonchev–Trinajstić information content (AvgIpc) is 2.93. The van der Waals surface area contributed by atoms with Crippen LogP contribution in [0, 0.1) is 16.0 Å². The molecule has 1 atom stereocenters. The molecule has 136 valence electrons. The Hall–Kier alpha value is -2.57. The first-order chi connectivity index (χ1) is 11.9. The maximum absolute atomic E-state index is 11.2. The molecule has 0 radical (unpaired) electrons. The number of para-hydroxylation sites is 1. The Labute approximate surface area is 148 Å². The van der Waals surface area contributed by atoms with Crippen molar-refractivity contribution in [3.63, 3.8) is 0 Å². The lowest BCUT2D eigenvalue weighted by molar-refractivity contribution is -0.388. The zero-order valence-corrected chi connectivity index (χ0v) is 15.2. The highest BCUT2D eigenvalue weighted by Gasteiger charge is 2.25. The molecule has 0 aliphatic rings. The lowest BCUT2D eigenvalue weighted by Gasteiger charge is -2.24. The largest absolute Gasteiger partial charge is 0.493 e. The SMILES string of the molecule is CCCOc1ccccc1[C@H](CC(C)C)Nc1c([N+](=O)[O-])ncn1C. The maximum Gasteiger partial charge on any atom is 0.406 e. The Morgan fingerprint density at radius 1 is 1.36 bits per heavy atom. The van der Waals surface area contributed by atoms with Crippen molar-refractivity contribution in [3.8, 4) is 5.75 Å². The van der Waals surface area contributed by atoms with Crippen LogP contribution in [0.2, 0.25) is 0 Å². The van der Waals surface area contributed by atoms with Crippen molar-refractivity contribution in [1.82, 2.24) is 9.55 Å². The highest BCUT2D eigenvalue weighted by atomic mass is 16.6. The molecule has 0 fully saturated rings. The zero-order chi connectivity index (χ0) is 18.4. The molecule has 7 heteroatoms. The van der Waals surface area contributed by atoms with Gasteiger partial charge in [0, 0.05) is 12.6 Å². The van der Waals surface area contributed by atoms with Crippen molar-refractivity contribution < 1.29 is 9.66 Å². The number of hydrogen-bond donors (Lipinski definition) is 1. The zero-order valence-electron chi connectivity index (χ0n) is 15.2. The fraction of sp³-hybridized carbons (Fsp3) is 0.500. The summed E-state index contributed by atoms with van der Waals surface area (Å²) in [6, 6.07) is 7.74. The van der Waals surface area contributed by atoms with Gasteiger partial charge < -0.3 is 20.2 Å². The fourth-order valence-corrected chi connectivity index (χ4v) is 2.73. The van der Waals surface area contributed by atoms with E-state index in [4.69, 9.17) is 4.74 Å². The van der Waals surface area contributed by atoms with Gasteiger partial charge in [-0.05, 0) is 34.7 Å². The second-order valence-electron chi connectivity index (χ2n) is 6.50. The van der Waals surface area contributed by atoms with E-state index in [2.05, 4.69) is 31.1 Å². The van der Waals surface area contributed by atoms with E-state index >= 15 is 0 Å². The van der Waals surface area contributed by atoms with Crippen LogP contribution in [0.25, 0.3) is 0 Å². The van der Waals surface area contributed by atoms with E-state index in [0.29, 0.717) is 18.3 Å². The molecule has 0 bridgehead atoms. The summed E-state index contributed by atoms with van der Waals surface area (Å²) < 4.78 is 7.52. The lowest BCUT2D eigenvalue weighted by Crippen LogP contribution is -2.17. The number of nitro groups is 1. The second-order valence-corrected chi connectivity index (χ2v) is 6.50. The summed E-state index contributed by atoms with van der Waals surface area (Å²) >= 11 is 0. The van der Waals surface area contributed by atoms with Crippen molar-refractivity contribution in [2.24, 2.45) is 13.0 Å². The summed E-state index contributed by atoms with van der Waals surface area (Å²) in [6.07, 6.45) is 3.19. The number of imidazole rings is 1. The van der Waals surface area contributed by atoms with Gasteiger partial charge in [-0.15, -0.1) is 0 Å². The smallest absolute Gasteiger partial charge is 0.406 e. The molecule has 1 heterocycles. The molecule has 25 heavy (non-hydrogen) atoms. The van der Waals surface area contributed by atoms with Crippen LogP contribution in [-0.2, 0) is 7.05 Å². The maximum atomic E-state index is 11.2. The van der Waals surface area contributed by atoms with E-state index < -0.39 is 4.92 Å². The van der Waals surface area contributed by atoms with E-state index in [-0.39, 0.29) is 11.9 Å². The molecule has 2 aromatic rings. The fourth-order valence-electron chi connectivity index (χ4n) is 2.73. The molecule has 0 saturated carbocycles. The van der Waals surface area contributed by atoms with E-state index in [9.17, 15) is 10.1 Å². The molecule has 2 rings (SSSR count).